The Labute approximate surface area is 112 Å². The molecule has 0 aromatic carbocycles. The minimum absolute atomic E-state index is 0.0193. The quantitative estimate of drug-likeness (QED) is 0.797. The van der Waals surface area contributed by atoms with Crippen molar-refractivity contribution in [1.82, 2.24) is 4.90 Å². The van der Waals surface area contributed by atoms with Crippen molar-refractivity contribution in [2.24, 2.45) is 5.92 Å². The molecule has 0 unspecified atom stereocenters. The van der Waals surface area contributed by atoms with Gasteiger partial charge in [0.05, 0.1) is 5.37 Å². The summed E-state index contributed by atoms with van der Waals surface area (Å²) < 4.78 is 0. The molecular weight excluding hydrogens is 250 g/mol. The predicted octanol–water partition coefficient (Wildman–Crippen LogP) is 2.35. The summed E-state index contributed by atoms with van der Waals surface area (Å²) in [6.07, 6.45) is 2.35. The molecule has 0 aliphatic carbocycles. The zero-order valence-electron chi connectivity index (χ0n) is 11.3. The second-order valence-corrected chi connectivity index (χ2v) is 6.45. The number of carbonyl (C=O) groups is 2. The largest absolute Gasteiger partial charge is 0.480 e. The van der Waals surface area contributed by atoms with Crippen molar-refractivity contribution < 1.29 is 14.7 Å². The third-order valence-electron chi connectivity index (χ3n) is 2.72. The van der Waals surface area contributed by atoms with E-state index in [1.165, 1.54) is 11.0 Å². The monoisotopic (exact) mass is 271 g/mol. The predicted molar refractivity (Wildman–Crippen MR) is 73.4 cm³/mol. The highest BCUT2D eigenvalue weighted by Crippen LogP contribution is 2.33. The van der Waals surface area contributed by atoms with Gasteiger partial charge in [-0.3, -0.25) is 4.79 Å². The highest BCUT2D eigenvalue weighted by Gasteiger charge is 2.40. The van der Waals surface area contributed by atoms with Gasteiger partial charge in [-0.15, -0.1) is 11.8 Å². The summed E-state index contributed by atoms with van der Waals surface area (Å²) in [5.41, 5.74) is 0.893. The fourth-order valence-corrected chi connectivity index (χ4v) is 3.60. The van der Waals surface area contributed by atoms with Gasteiger partial charge in [-0.2, -0.15) is 0 Å². The molecule has 1 fully saturated rings. The molecular formula is C13H21NO3S. The van der Waals surface area contributed by atoms with Crippen LogP contribution in [0.2, 0.25) is 0 Å². The van der Waals surface area contributed by atoms with E-state index in [-0.39, 0.29) is 11.3 Å². The summed E-state index contributed by atoms with van der Waals surface area (Å²) in [4.78, 5) is 24.9. The SMILES string of the molecule is CC(C)=CC(=O)N1[C@H](CC(C)C)SC[C@@H]1C(=O)O. The van der Waals surface area contributed by atoms with Crippen molar-refractivity contribution in [3.05, 3.63) is 11.6 Å². The van der Waals surface area contributed by atoms with E-state index < -0.39 is 12.0 Å². The number of allylic oxidation sites excluding steroid dienone is 1. The van der Waals surface area contributed by atoms with Crippen LogP contribution in [0.25, 0.3) is 0 Å². The Balaban J connectivity index is 2.91. The molecule has 1 rings (SSSR count). The average Bonchev–Trinajstić information content (AvgIpc) is 2.59. The van der Waals surface area contributed by atoms with Gasteiger partial charge in [0.25, 0.3) is 0 Å². The van der Waals surface area contributed by atoms with E-state index in [2.05, 4.69) is 13.8 Å². The smallest absolute Gasteiger partial charge is 0.327 e. The van der Waals surface area contributed by atoms with Gasteiger partial charge in [0.2, 0.25) is 5.91 Å². The van der Waals surface area contributed by atoms with Crippen molar-refractivity contribution in [3.8, 4) is 0 Å². The first-order valence-corrected chi connectivity index (χ1v) is 7.19. The van der Waals surface area contributed by atoms with Gasteiger partial charge in [-0.05, 0) is 26.2 Å². The van der Waals surface area contributed by atoms with Gasteiger partial charge < -0.3 is 10.0 Å². The average molecular weight is 271 g/mol. The van der Waals surface area contributed by atoms with Gasteiger partial charge in [-0.25, -0.2) is 4.79 Å². The Kier molecular flexibility index (Phi) is 5.26. The maximum absolute atomic E-state index is 12.1. The molecule has 18 heavy (non-hydrogen) atoms. The van der Waals surface area contributed by atoms with Gasteiger partial charge in [-0.1, -0.05) is 19.4 Å². The van der Waals surface area contributed by atoms with Crippen molar-refractivity contribution in [3.63, 3.8) is 0 Å². The second-order valence-electron chi connectivity index (χ2n) is 5.24. The Morgan fingerprint density at radius 2 is 2.06 bits per heavy atom. The molecule has 1 heterocycles. The number of aliphatic carboxylic acids is 1. The van der Waals surface area contributed by atoms with E-state index in [0.717, 1.165) is 12.0 Å². The van der Waals surface area contributed by atoms with Crippen LogP contribution in [0.1, 0.15) is 34.1 Å². The lowest BCUT2D eigenvalue weighted by Gasteiger charge is -2.27. The van der Waals surface area contributed by atoms with Crippen molar-refractivity contribution in [1.29, 1.82) is 0 Å². The zero-order valence-corrected chi connectivity index (χ0v) is 12.2. The Morgan fingerprint density at radius 3 is 2.50 bits per heavy atom. The summed E-state index contributed by atoms with van der Waals surface area (Å²) in [6, 6.07) is -0.693. The molecule has 1 aliphatic heterocycles. The zero-order chi connectivity index (χ0) is 13.9. The summed E-state index contributed by atoms with van der Waals surface area (Å²) in [5, 5.41) is 9.17. The lowest BCUT2D eigenvalue weighted by Crippen LogP contribution is -2.45. The first kappa shape index (κ1) is 15.1. The maximum Gasteiger partial charge on any atom is 0.327 e. The molecule has 1 aliphatic rings. The Bertz CT molecular complexity index is 361. The number of carboxylic acids is 1. The Morgan fingerprint density at radius 1 is 1.44 bits per heavy atom. The molecule has 1 amide bonds. The van der Waals surface area contributed by atoms with Crippen molar-refractivity contribution in [2.75, 3.05) is 5.75 Å². The maximum atomic E-state index is 12.1. The van der Waals surface area contributed by atoms with Crippen LogP contribution in [0.5, 0.6) is 0 Å². The van der Waals surface area contributed by atoms with Crippen LogP contribution in [0.3, 0.4) is 0 Å². The number of rotatable bonds is 4. The molecule has 1 N–H and O–H groups in total. The van der Waals surface area contributed by atoms with E-state index in [4.69, 9.17) is 0 Å². The molecule has 0 aromatic rings. The normalized spacial score (nSPS) is 23.3. The Hall–Kier alpha value is -0.970. The molecule has 5 heteroatoms. The van der Waals surface area contributed by atoms with Gasteiger partial charge in [0.1, 0.15) is 6.04 Å². The van der Waals surface area contributed by atoms with Crippen LogP contribution in [0.15, 0.2) is 11.6 Å². The highest BCUT2D eigenvalue weighted by molar-refractivity contribution is 8.00. The lowest BCUT2D eigenvalue weighted by atomic mass is 10.1. The number of hydrogen-bond acceptors (Lipinski definition) is 3. The minimum atomic E-state index is -0.913. The van der Waals surface area contributed by atoms with E-state index >= 15 is 0 Å². The van der Waals surface area contributed by atoms with Crippen LogP contribution in [0, 0.1) is 5.92 Å². The molecule has 0 saturated carbocycles. The minimum Gasteiger partial charge on any atom is -0.480 e. The molecule has 0 aromatic heterocycles. The molecule has 2 atom stereocenters. The van der Waals surface area contributed by atoms with Crippen LogP contribution in [-0.2, 0) is 9.59 Å². The fourth-order valence-electron chi connectivity index (χ4n) is 1.96. The van der Waals surface area contributed by atoms with Crippen molar-refractivity contribution >= 4 is 23.6 Å². The number of carboxylic acid groups (broad SMARTS) is 1. The number of thioether (sulfide) groups is 1. The number of hydrogen-bond donors (Lipinski definition) is 1. The van der Waals surface area contributed by atoms with Crippen LogP contribution < -0.4 is 0 Å². The van der Waals surface area contributed by atoms with E-state index in [1.807, 2.05) is 13.8 Å². The third kappa shape index (κ3) is 3.77. The fraction of sp³-hybridized carbons (Fsp3) is 0.692. The molecule has 0 radical (unpaired) electrons. The molecule has 4 nitrogen and oxygen atoms in total. The number of nitrogens with zero attached hydrogens (tertiary/aromatic N) is 1. The number of amides is 1. The van der Waals surface area contributed by atoms with Crippen LogP contribution >= 0.6 is 11.8 Å². The second kappa shape index (κ2) is 6.27. The van der Waals surface area contributed by atoms with Gasteiger partial charge in [0.15, 0.2) is 0 Å². The summed E-state index contributed by atoms with van der Waals surface area (Å²) >= 11 is 1.57. The van der Waals surface area contributed by atoms with E-state index in [1.54, 1.807) is 11.8 Å². The summed E-state index contributed by atoms with van der Waals surface area (Å²) in [5.74, 6) is -0.172. The van der Waals surface area contributed by atoms with Gasteiger partial charge >= 0.3 is 5.97 Å². The van der Waals surface area contributed by atoms with E-state index in [9.17, 15) is 14.7 Å². The third-order valence-corrected chi connectivity index (χ3v) is 4.03. The van der Waals surface area contributed by atoms with Crippen LogP contribution in [-0.4, -0.2) is 39.1 Å². The van der Waals surface area contributed by atoms with Crippen LogP contribution in [0.4, 0.5) is 0 Å². The summed E-state index contributed by atoms with van der Waals surface area (Å²) in [7, 11) is 0. The topological polar surface area (TPSA) is 57.6 Å². The lowest BCUT2D eigenvalue weighted by molar-refractivity contribution is -0.147. The van der Waals surface area contributed by atoms with Crippen molar-refractivity contribution in [2.45, 2.75) is 45.5 Å². The molecule has 0 bridgehead atoms. The molecule has 0 spiro atoms. The molecule has 102 valence electrons. The molecule has 1 saturated heterocycles. The summed E-state index contributed by atoms with van der Waals surface area (Å²) in [6.45, 7) is 7.85. The highest BCUT2D eigenvalue weighted by atomic mass is 32.2. The first-order valence-electron chi connectivity index (χ1n) is 6.14. The van der Waals surface area contributed by atoms with Gasteiger partial charge in [0, 0.05) is 11.8 Å². The standard InChI is InChI=1S/C13H21NO3S/c1-8(2)5-11(15)14-10(13(16)17)7-18-12(14)6-9(3)4/h5,9-10,12H,6-7H2,1-4H3,(H,16,17)/t10-,12+/m1/s1. The van der Waals surface area contributed by atoms with E-state index in [0.29, 0.717) is 11.7 Å². The first-order chi connectivity index (χ1) is 8.32. The number of carbonyl (C=O) groups excluding carboxylic acids is 1.